The first-order valence-corrected chi connectivity index (χ1v) is 7.83. The van der Waals surface area contributed by atoms with Gasteiger partial charge in [-0.15, -0.1) is 0 Å². The van der Waals surface area contributed by atoms with Crippen molar-refractivity contribution in [3.63, 3.8) is 0 Å². The number of carbonyl (C=O) groups excluding carboxylic acids is 2. The number of aliphatic carboxylic acids is 1. The molecular weight excluding hydrogens is 296 g/mol. The van der Waals surface area contributed by atoms with E-state index in [1.807, 2.05) is 30.3 Å². The van der Waals surface area contributed by atoms with Crippen LogP contribution in [0.15, 0.2) is 30.3 Å². The van der Waals surface area contributed by atoms with E-state index in [4.69, 9.17) is 10.8 Å². The Kier molecular flexibility index (Phi) is 5.87. The first-order valence-electron chi connectivity index (χ1n) is 7.83. The molecule has 2 rings (SSSR count). The van der Waals surface area contributed by atoms with Crippen LogP contribution in [0.2, 0.25) is 0 Å². The standard InChI is InChI=1S/C17H22N2O4/c18-13(11-12-5-2-1-3-6-12)15(20)8-9-16(21)19-10-4-7-14(19)17(22)23/h1-3,5-6,13-14H,4,7-11,18H2,(H,22,23)/t13-,14-/m0/s1. The van der Waals surface area contributed by atoms with E-state index in [1.165, 1.54) is 4.90 Å². The zero-order valence-corrected chi connectivity index (χ0v) is 13.0. The molecule has 124 valence electrons. The topological polar surface area (TPSA) is 101 Å². The van der Waals surface area contributed by atoms with Gasteiger partial charge in [-0.3, -0.25) is 9.59 Å². The second-order valence-corrected chi connectivity index (χ2v) is 5.85. The zero-order chi connectivity index (χ0) is 16.8. The number of rotatable bonds is 7. The summed E-state index contributed by atoms with van der Waals surface area (Å²) < 4.78 is 0. The first-order chi connectivity index (χ1) is 11.0. The molecule has 0 aromatic heterocycles. The van der Waals surface area contributed by atoms with Gasteiger partial charge >= 0.3 is 5.97 Å². The SMILES string of the molecule is N[C@@H](Cc1ccccc1)C(=O)CCC(=O)N1CCC[C@H]1C(=O)O. The number of benzene rings is 1. The summed E-state index contributed by atoms with van der Waals surface area (Å²) >= 11 is 0. The number of amides is 1. The number of carboxylic acids is 1. The average molecular weight is 318 g/mol. The number of ketones is 1. The van der Waals surface area contributed by atoms with Crippen molar-refractivity contribution in [2.45, 2.75) is 44.2 Å². The summed E-state index contributed by atoms with van der Waals surface area (Å²) in [4.78, 5) is 36.6. The lowest BCUT2D eigenvalue weighted by Gasteiger charge is -2.21. The van der Waals surface area contributed by atoms with Crippen molar-refractivity contribution in [3.05, 3.63) is 35.9 Å². The summed E-state index contributed by atoms with van der Waals surface area (Å²) in [5.74, 6) is -1.44. The molecule has 0 unspecified atom stereocenters. The maximum absolute atomic E-state index is 12.1. The Morgan fingerprint density at radius 1 is 1.22 bits per heavy atom. The van der Waals surface area contributed by atoms with E-state index in [0.717, 1.165) is 5.56 Å². The van der Waals surface area contributed by atoms with Crippen LogP contribution in [0.5, 0.6) is 0 Å². The molecule has 1 saturated heterocycles. The molecule has 0 aliphatic carbocycles. The smallest absolute Gasteiger partial charge is 0.326 e. The molecule has 1 aromatic carbocycles. The van der Waals surface area contributed by atoms with E-state index in [9.17, 15) is 14.4 Å². The van der Waals surface area contributed by atoms with Crippen LogP contribution in [0.4, 0.5) is 0 Å². The van der Waals surface area contributed by atoms with E-state index >= 15 is 0 Å². The monoisotopic (exact) mass is 318 g/mol. The highest BCUT2D eigenvalue weighted by Gasteiger charge is 2.33. The maximum atomic E-state index is 12.1. The summed E-state index contributed by atoms with van der Waals surface area (Å²) in [5, 5.41) is 9.08. The van der Waals surface area contributed by atoms with Crippen LogP contribution in [0.1, 0.15) is 31.2 Å². The van der Waals surface area contributed by atoms with Crippen LogP contribution in [0, 0.1) is 0 Å². The Bertz CT molecular complexity index is 573. The van der Waals surface area contributed by atoms with E-state index in [2.05, 4.69) is 0 Å². The quantitative estimate of drug-likeness (QED) is 0.780. The maximum Gasteiger partial charge on any atom is 0.326 e. The summed E-state index contributed by atoms with van der Waals surface area (Å²) in [7, 11) is 0. The van der Waals surface area contributed by atoms with E-state index in [0.29, 0.717) is 25.8 Å². The number of carbonyl (C=O) groups is 3. The van der Waals surface area contributed by atoms with Gasteiger partial charge in [-0.05, 0) is 24.8 Å². The third kappa shape index (κ3) is 4.63. The van der Waals surface area contributed by atoms with E-state index in [-0.39, 0.29) is 24.5 Å². The molecule has 2 atom stereocenters. The second-order valence-electron chi connectivity index (χ2n) is 5.85. The van der Waals surface area contributed by atoms with Crippen LogP contribution >= 0.6 is 0 Å². The zero-order valence-electron chi connectivity index (χ0n) is 13.0. The van der Waals surface area contributed by atoms with Gasteiger partial charge in [0.05, 0.1) is 6.04 Å². The Hall–Kier alpha value is -2.21. The minimum atomic E-state index is -0.983. The van der Waals surface area contributed by atoms with Crippen LogP contribution in [0.25, 0.3) is 0 Å². The molecule has 1 aliphatic rings. The van der Waals surface area contributed by atoms with Gasteiger partial charge in [-0.2, -0.15) is 0 Å². The van der Waals surface area contributed by atoms with Gasteiger partial charge in [0.15, 0.2) is 0 Å². The van der Waals surface area contributed by atoms with Gasteiger partial charge in [-0.25, -0.2) is 4.79 Å². The molecule has 1 heterocycles. The number of nitrogens with zero attached hydrogens (tertiary/aromatic N) is 1. The Balaban J connectivity index is 1.81. The molecule has 23 heavy (non-hydrogen) atoms. The molecule has 0 saturated carbocycles. The van der Waals surface area contributed by atoms with Crippen molar-refractivity contribution < 1.29 is 19.5 Å². The highest BCUT2D eigenvalue weighted by molar-refractivity contribution is 5.90. The average Bonchev–Trinajstić information content (AvgIpc) is 3.03. The molecule has 1 aromatic rings. The van der Waals surface area contributed by atoms with Crippen molar-refractivity contribution >= 4 is 17.7 Å². The first kappa shape index (κ1) is 17.1. The van der Waals surface area contributed by atoms with Gasteiger partial charge in [-0.1, -0.05) is 30.3 Å². The highest BCUT2D eigenvalue weighted by Crippen LogP contribution is 2.19. The number of Topliss-reactive ketones (excluding diaryl/α,β-unsaturated/α-hetero) is 1. The lowest BCUT2D eigenvalue weighted by Crippen LogP contribution is -2.41. The van der Waals surface area contributed by atoms with Crippen molar-refractivity contribution in [1.82, 2.24) is 4.90 Å². The normalized spacial score (nSPS) is 18.7. The van der Waals surface area contributed by atoms with Crippen LogP contribution < -0.4 is 5.73 Å². The lowest BCUT2D eigenvalue weighted by atomic mass is 10.0. The molecule has 3 N–H and O–H groups in total. The van der Waals surface area contributed by atoms with Gasteiger partial charge in [0.2, 0.25) is 5.91 Å². The second kappa shape index (κ2) is 7.87. The largest absolute Gasteiger partial charge is 0.480 e. The highest BCUT2D eigenvalue weighted by atomic mass is 16.4. The fourth-order valence-electron chi connectivity index (χ4n) is 2.86. The number of carboxylic acid groups (broad SMARTS) is 1. The molecule has 0 spiro atoms. The lowest BCUT2D eigenvalue weighted by molar-refractivity contribution is -0.148. The summed E-state index contributed by atoms with van der Waals surface area (Å²) in [6, 6.07) is 8.07. The molecule has 0 bridgehead atoms. The molecule has 6 nitrogen and oxygen atoms in total. The van der Waals surface area contributed by atoms with Gasteiger partial charge in [0, 0.05) is 19.4 Å². The summed E-state index contributed by atoms with van der Waals surface area (Å²) in [6.07, 6.45) is 1.67. The Morgan fingerprint density at radius 3 is 2.57 bits per heavy atom. The third-order valence-corrected chi connectivity index (χ3v) is 4.16. The van der Waals surface area contributed by atoms with Crippen LogP contribution in [0.3, 0.4) is 0 Å². The molecule has 1 amide bonds. The molecule has 0 radical (unpaired) electrons. The van der Waals surface area contributed by atoms with Gasteiger partial charge in [0.25, 0.3) is 0 Å². The van der Waals surface area contributed by atoms with Crippen molar-refractivity contribution in [1.29, 1.82) is 0 Å². The molecule has 1 aliphatic heterocycles. The molecule has 6 heteroatoms. The predicted molar refractivity (Wildman–Crippen MR) is 84.7 cm³/mol. The number of hydrogen-bond donors (Lipinski definition) is 2. The number of nitrogens with two attached hydrogens (primary N) is 1. The van der Waals surface area contributed by atoms with Gasteiger partial charge < -0.3 is 15.7 Å². The van der Waals surface area contributed by atoms with E-state index in [1.54, 1.807) is 0 Å². The van der Waals surface area contributed by atoms with Crippen molar-refractivity contribution in [3.8, 4) is 0 Å². The minimum absolute atomic E-state index is 0.0190. The number of hydrogen-bond acceptors (Lipinski definition) is 4. The molecule has 1 fully saturated rings. The summed E-state index contributed by atoms with van der Waals surface area (Å²) in [6.45, 7) is 0.445. The van der Waals surface area contributed by atoms with Gasteiger partial charge in [0.1, 0.15) is 11.8 Å². The van der Waals surface area contributed by atoms with Crippen LogP contribution in [-0.2, 0) is 20.8 Å². The van der Waals surface area contributed by atoms with Crippen molar-refractivity contribution in [2.75, 3.05) is 6.54 Å². The minimum Gasteiger partial charge on any atom is -0.480 e. The summed E-state index contributed by atoms with van der Waals surface area (Å²) in [5.41, 5.74) is 6.87. The predicted octanol–water partition coefficient (Wildman–Crippen LogP) is 0.981. The van der Waals surface area contributed by atoms with Crippen molar-refractivity contribution in [2.24, 2.45) is 5.73 Å². The fourth-order valence-corrected chi connectivity index (χ4v) is 2.86. The number of likely N-dealkylation sites (tertiary alicyclic amines) is 1. The third-order valence-electron chi connectivity index (χ3n) is 4.16. The van der Waals surface area contributed by atoms with Crippen LogP contribution in [-0.4, -0.2) is 46.3 Å². The Morgan fingerprint density at radius 2 is 1.91 bits per heavy atom. The van der Waals surface area contributed by atoms with E-state index < -0.39 is 18.1 Å². The fraction of sp³-hybridized carbons (Fsp3) is 0.471. The Labute approximate surface area is 135 Å². The molecular formula is C17H22N2O4.